The zero-order valence-electron chi connectivity index (χ0n) is 19.3. The van der Waals surface area contributed by atoms with Crippen molar-refractivity contribution in [3.8, 4) is 0 Å². The molecule has 2 amide bonds. The highest BCUT2D eigenvalue weighted by atomic mass is 19.1. The van der Waals surface area contributed by atoms with Gasteiger partial charge >= 0.3 is 0 Å². The minimum atomic E-state index is -0.537. The molecule has 1 aliphatic heterocycles. The second kappa shape index (κ2) is 8.59. The Balaban J connectivity index is 1.16. The van der Waals surface area contributed by atoms with Gasteiger partial charge in [-0.25, -0.2) is 9.49 Å². The predicted octanol–water partition coefficient (Wildman–Crippen LogP) is 3.03. The first-order chi connectivity index (χ1) is 17.0. The molecule has 2 aromatic carbocycles. The molecule has 0 spiro atoms. The number of hydrogen-bond acceptors (Lipinski definition) is 4. The van der Waals surface area contributed by atoms with Crippen LogP contribution in [0.2, 0.25) is 0 Å². The van der Waals surface area contributed by atoms with Crippen molar-refractivity contribution in [2.75, 3.05) is 13.1 Å². The van der Waals surface area contributed by atoms with Gasteiger partial charge in [0.05, 0.1) is 16.6 Å². The Morgan fingerprint density at radius 1 is 1.06 bits per heavy atom. The Bertz CT molecular complexity index is 1370. The van der Waals surface area contributed by atoms with Gasteiger partial charge in [-0.3, -0.25) is 14.4 Å². The number of carbonyl (C=O) groups excluding carboxylic acids is 2. The summed E-state index contributed by atoms with van der Waals surface area (Å²) < 4.78 is 14.7. The molecular formula is C27H27FN4O3. The Hall–Kier alpha value is -3.55. The lowest BCUT2D eigenvalue weighted by atomic mass is 10.0. The maximum absolute atomic E-state index is 14.7. The van der Waals surface area contributed by atoms with Crippen molar-refractivity contribution in [2.24, 2.45) is 17.8 Å². The average molecular weight is 475 g/mol. The van der Waals surface area contributed by atoms with E-state index in [4.69, 9.17) is 0 Å². The van der Waals surface area contributed by atoms with E-state index in [0.29, 0.717) is 42.4 Å². The molecule has 2 saturated carbocycles. The third kappa shape index (κ3) is 4.22. The van der Waals surface area contributed by atoms with E-state index < -0.39 is 5.82 Å². The summed E-state index contributed by atoms with van der Waals surface area (Å²) >= 11 is 0. The van der Waals surface area contributed by atoms with Crippen LogP contribution in [0.5, 0.6) is 0 Å². The number of hydrogen-bond donors (Lipinski definition) is 2. The summed E-state index contributed by atoms with van der Waals surface area (Å²) in [5, 5.41) is 11.2. The number of aromatic nitrogens is 2. The molecule has 0 radical (unpaired) electrons. The fraction of sp³-hybridized carbons (Fsp3) is 0.407. The van der Waals surface area contributed by atoms with Gasteiger partial charge in [0, 0.05) is 36.9 Å². The molecular weight excluding hydrogens is 447 g/mol. The first kappa shape index (κ1) is 21.9. The molecule has 3 aromatic rings. The number of rotatable bonds is 5. The largest absolute Gasteiger partial charge is 0.353 e. The van der Waals surface area contributed by atoms with Gasteiger partial charge in [0.25, 0.3) is 11.5 Å². The lowest BCUT2D eigenvalue weighted by Gasteiger charge is -2.20. The molecule has 3 atom stereocenters. The Labute approximate surface area is 201 Å². The van der Waals surface area contributed by atoms with E-state index in [9.17, 15) is 18.8 Å². The highest BCUT2D eigenvalue weighted by Gasteiger charge is 2.44. The third-order valence-corrected chi connectivity index (χ3v) is 7.74. The van der Waals surface area contributed by atoms with Gasteiger partial charge in [0.1, 0.15) is 5.82 Å². The van der Waals surface area contributed by atoms with Crippen LogP contribution < -0.4 is 10.9 Å². The molecule has 8 heteroatoms. The van der Waals surface area contributed by atoms with Gasteiger partial charge in [-0.15, -0.1) is 0 Å². The van der Waals surface area contributed by atoms with E-state index in [-0.39, 0.29) is 34.9 Å². The van der Waals surface area contributed by atoms with Gasteiger partial charge in [0.2, 0.25) is 5.91 Å². The van der Waals surface area contributed by atoms with Crippen LogP contribution in [-0.4, -0.2) is 46.0 Å². The maximum atomic E-state index is 14.7. The van der Waals surface area contributed by atoms with Crippen molar-refractivity contribution in [2.45, 2.75) is 38.1 Å². The van der Waals surface area contributed by atoms with Crippen LogP contribution in [0.3, 0.4) is 0 Å². The first-order valence-electron chi connectivity index (χ1n) is 12.3. The van der Waals surface area contributed by atoms with Crippen molar-refractivity contribution >= 4 is 22.6 Å². The van der Waals surface area contributed by atoms with E-state index in [2.05, 4.69) is 15.5 Å². The number of H-pyrrole nitrogens is 1. The summed E-state index contributed by atoms with van der Waals surface area (Å²) in [4.78, 5) is 39.2. The second-order valence-electron chi connectivity index (χ2n) is 10.2. The lowest BCUT2D eigenvalue weighted by molar-refractivity contribution is -0.123. The molecule has 1 unspecified atom stereocenters. The van der Waals surface area contributed by atoms with Gasteiger partial charge < -0.3 is 10.2 Å². The summed E-state index contributed by atoms with van der Waals surface area (Å²) in [6.45, 7) is 1.18. The Kier molecular flexibility index (Phi) is 5.39. The van der Waals surface area contributed by atoms with Gasteiger partial charge in [-0.1, -0.05) is 24.3 Å². The summed E-state index contributed by atoms with van der Waals surface area (Å²) in [5.74, 6) is 0.221. The van der Waals surface area contributed by atoms with E-state index in [0.717, 1.165) is 36.6 Å². The molecule has 1 saturated heterocycles. The first-order valence-corrected chi connectivity index (χ1v) is 12.3. The molecule has 2 N–H and O–H groups in total. The van der Waals surface area contributed by atoms with Crippen molar-refractivity contribution in [1.29, 1.82) is 0 Å². The number of fused-ring (bicyclic) bond motifs is 2. The minimum absolute atomic E-state index is 0.0646. The fourth-order valence-electron chi connectivity index (χ4n) is 5.76. The molecule has 3 fully saturated rings. The molecule has 6 rings (SSSR count). The van der Waals surface area contributed by atoms with Crippen LogP contribution in [0.1, 0.15) is 47.3 Å². The van der Waals surface area contributed by atoms with Crippen LogP contribution in [0.15, 0.2) is 47.3 Å². The lowest BCUT2D eigenvalue weighted by Crippen LogP contribution is -2.36. The van der Waals surface area contributed by atoms with Crippen molar-refractivity contribution in [3.63, 3.8) is 0 Å². The molecule has 35 heavy (non-hydrogen) atoms. The number of benzene rings is 2. The SMILES string of the molecule is O=C(NC1C[C@@H]2CN(C(=O)c3cc(Cc4n[nH]c(=O)c5ccccc45)ccc3F)C[C@@H]2C1)C1CC1. The summed E-state index contributed by atoms with van der Waals surface area (Å²) in [7, 11) is 0. The topological polar surface area (TPSA) is 95.2 Å². The number of nitrogens with zero attached hydrogens (tertiary/aromatic N) is 2. The molecule has 1 aromatic heterocycles. The Morgan fingerprint density at radius 2 is 1.77 bits per heavy atom. The van der Waals surface area contributed by atoms with Gasteiger partial charge in [-0.2, -0.15) is 5.10 Å². The van der Waals surface area contributed by atoms with Crippen LogP contribution >= 0.6 is 0 Å². The quantitative estimate of drug-likeness (QED) is 0.594. The highest BCUT2D eigenvalue weighted by Crippen LogP contribution is 2.39. The van der Waals surface area contributed by atoms with Crippen LogP contribution in [0.4, 0.5) is 4.39 Å². The fourth-order valence-corrected chi connectivity index (χ4v) is 5.76. The van der Waals surface area contributed by atoms with Crippen LogP contribution in [0.25, 0.3) is 10.8 Å². The number of carbonyl (C=O) groups is 2. The average Bonchev–Trinajstić information content (AvgIpc) is 3.54. The predicted molar refractivity (Wildman–Crippen MR) is 128 cm³/mol. The molecule has 2 heterocycles. The van der Waals surface area contributed by atoms with Crippen molar-refractivity contribution in [3.05, 3.63) is 75.5 Å². The van der Waals surface area contributed by atoms with Gasteiger partial charge in [-0.05, 0) is 61.3 Å². The summed E-state index contributed by atoms with van der Waals surface area (Å²) in [6.07, 6.45) is 4.10. The normalized spacial score (nSPS) is 23.5. The summed E-state index contributed by atoms with van der Waals surface area (Å²) in [5.41, 5.74) is 1.23. The number of aromatic amines is 1. The molecule has 0 bridgehead atoms. The number of amides is 2. The Morgan fingerprint density at radius 3 is 2.49 bits per heavy atom. The monoisotopic (exact) mass is 474 g/mol. The number of likely N-dealkylation sites (tertiary alicyclic amines) is 1. The van der Waals surface area contributed by atoms with E-state index in [1.807, 2.05) is 12.1 Å². The maximum Gasteiger partial charge on any atom is 0.272 e. The second-order valence-corrected chi connectivity index (χ2v) is 10.2. The van der Waals surface area contributed by atoms with Crippen molar-refractivity contribution in [1.82, 2.24) is 20.4 Å². The molecule has 180 valence electrons. The van der Waals surface area contributed by atoms with Crippen LogP contribution in [-0.2, 0) is 11.2 Å². The smallest absolute Gasteiger partial charge is 0.272 e. The minimum Gasteiger partial charge on any atom is -0.353 e. The van der Waals surface area contributed by atoms with E-state index in [1.165, 1.54) is 6.07 Å². The van der Waals surface area contributed by atoms with Crippen LogP contribution in [0, 0.1) is 23.6 Å². The number of nitrogens with one attached hydrogen (secondary N) is 2. The zero-order chi connectivity index (χ0) is 24.1. The third-order valence-electron chi connectivity index (χ3n) is 7.74. The van der Waals surface area contributed by atoms with E-state index >= 15 is 0 Å². The standard InChI is InChI=1S/C27H27FN4O3/c28-23-8-5-15(10-24-20-3-1-2-4-21(20)26(34)31-30-24)9-22(23)27(35)32-13-17-11-19(12-18(17)14-32)29-25(33)16-6-7-16/h1-5,8-9,16-19H,6-7,10-14H2,(H,29,33)(H,31,34)/t17-,18+,19?. The van der Waals surface area contributed by atoms with Crippen molar-refractivity contribution < 1.29 is 14.0 Å². The highest BCUT2D eigenvalue weighted by molar-refractivity contribution is 5.95. The van der Waals surface area contributed by atoms with Gasteiger partial charge in [0.15, 0.2) is 0 Å². The molecule has 3 aliphatic rings. The number of halogens is 1. The zero-order valence-corrected chi connectivity index (χ0v) is 19.3. The van der Waals surface area contributed by atoms with E-state index in [1.54, 1.807) is 29.2 Å². The molecule has 2 aliphatic carbocycles. The summed E-state index contributed by atoms with van der Waals surface area (Å²) in [6, 6.07) is 12.0. The molecule has 7 nitrogen and oxygen atoms in total.